The molecular formula is C87H61F9O2. The van der Waals surface area contributed by atoms with Gasteiger partial charge in [-0.25, -0.2) is 0 Å². The Labute approximate surface area is 562 Å². The molecule has 0 bridgehead atoms. The third kappa shape index (κ3) is 11.8. The molecule has 0 aliphatic heterocycles. The Morgan fingerprint density at radius 1 is 0.286 bits per heavy atom. The standard InChI is InChI=1S/C87H61F9O2/c1-52-14-10-16-62(46-52)80-78(58-32-28-56(29-33-58)60-27-26-54(3)55(4)48-60)81(63-17-11-15-53(2)47-63)83(65-19-13-21-69(50-65)86(91,92)93)79(82(80)64-18-12-20-68(49-64)85(88,89)90)59-34-30-57(31-35-59)61-36-45-77(76(51-61)87(94,95)96)98-71-43-39-67(40-44-71)84(66-37-41-70(97-5)42-38-66)74-24-8-6-22-72(74)73-23-7-9-25-75(73)84/h6-51H,1-5H3. The van der Waals surface area contributed by atoms with E-state index in [2.05, 4.69) is 30.3 Å². The number of rotatable bonds is 13. The van der Waals surface area contributed by atoms with Crippen LogP contribution in [0.15, 0.2) is 279 Å². The van der Waals surface area contributed by atoms with Crippen LogP contribution in [0.2, 0.25) is 0 Å². The second kappa shape index (κ2) is 25.1. The lowest BCUT2D eigenvalue weighted by Gasteiger charge is -2.34. The number of methoxy groups -OCH3 is 1. The van der Waals surface area contributed by atoms with E-state index in [0.29, 0.717) is 50.3 Å². The van der Waals surface area contributed by atoms with Crippen molar-refractivity contribution in [1.82, 2.24) is 0 Å². The Bertz CT molecular complexity index is 5020. The summed E-state index contributed by atoms with van der Waals surface area (Å²) in [6.07, 6.45) is -14.6. The fourth-order valence-electron chi connectivity index (χ4n) is 14.1. The SMILES string of the molecule is COc1ccc(C2(c3ccc(Oc4ccc(-c5ccc(-c6c(-c7cccc(C(F)(F)F)c7)c(-c7cccc(C)c7)c(-c7ccc(-c8ccc(C)c(C)c8)cc7)c(-c7cccc(C)c7)c6-c6cccc(C(F)(F)F)c6)cc5)cc4C(F)(F)F)cc3)c3ccccc3-c3ccccc32)cc1. The zero-order valence-corrected chi connectivity index (χ0v) is 53.8. The Hall–Kier alpha value is -11.2. The van der Waals surface area contributed by atoms with Crippen LogP contribution >= 0.6 is 0 Å². The summed E-state index contributed by atoms with van der Waals surface area (Å²) in [5, 5.41) is 0. The minimum absolute atomic E-state index is 0.110. The highest BCUT2D eigenvalue weighted by Crippen LogP contribution is 2.59. The van der Waals surface area contributed by atoms with Crippen LogP contribution in [0.3, 0.4) is 0 Å². The van der Waals surface area contributed by atoms with Gasteiger partial charge in [0.05, 0.1) is 29.2 Å². The first-order valence-electron chi connectivity index (χ1n) is 31.9. The average molecular weight is 1310 g/mol. The predicted molar refractivity (Wildman–Crippen MR) is 374 cm³/mol. The molecular weight excluding hydrogens is 1250 g/mol. The van der Waals surface area contributed by atoms with Crippen LogP contribution in [-0.4, -0.2) is 7.11 Å². The molecule has 0 atom stereocenters. The Morgan fingerprint density at radius 2 is 0.663 bits per heavy atom. The highest BCUT2D eigenvalue weighted by atomic mass is 19.4. The molecule has 0 heterocycles. The molecule has 11 heteroatoms. The van der Waals surface area contributed by atoms with Crippen LogP contribution in [-0.2, 0) is 23.9 Å². The minimum Gasteiger partial charge on any atom is -0.497 e. The van der Waals surface area contributed by atoms with E-state index in [1.165, 1.54) is 24.3 Å². The van der Waals surface area contributed by atoms with Crippen molar-refractivity contribution in [3.8, 4) is 117 Å². The molecule has 0 spiro atoms. The summed E-state index contributed by atoms with van der Waals surface area (Å²) in [4.78, 5) is 0. The van der Waals surface area contributed by atoms with E-state index in [0.717, 1.165) is 97.1 Å². The van der Waals surface area contributed by atoms with E-state index >= 15 is 39.5 Å². The number of benzene rings is 13. The van der Waals surface area contributed by atoms with Crippen molar-refractivity contribution in [3.05, 3.63) is 340 Å². The summed E-state index contributed by atoms with van der Waals surface area (Å²) < 4.78 is 150. The molecule has 0 unspecified atom stereocenters. The first-order valence-corrected chi connectivity index (χ1v) is 31.9. The number of fused-ring (bicyclic) bond motifs is 3. The summed E-state index contributed by atoms with van der Waals surface area (Å²) >= 11 is 0. The summed E-state index contributed by atoms with van der Waals surface area (Å²) in [6, 6.07) is 80.6. The van der Waals surface area contributed by atoms with Crippen LogP contribution < -0.4 is 9.47 Å². The summed E-state index contributed by atoms with van der Waals surface area (Å²) in [7, 11) is 1.61. The first kappa shape index (κ1) is 64.2. The van der Waals surface area contributed by atoms with Gasteiger partial charge in [0.25, 0.3) is 0 Å². The quantitative estimate of drug-likeness (QED) is 0.107. The average Bonchev–Trinajstić information content (AvgIpc) is 1.49. The molecule has 0 saturated carbocycles. The van der Waals surface area contributed by atoms with Crippen LogP contribution in [0.5, 0.6) is 17.2 Å². The van der Waals surface area contributed by atoms with Crippen LogP contribution in [0.4, 0.5) is 39.5 Å². The van der Waals surface area contributed by atoms with E-state index in [1.807, 2.05) is 173 Å². The van der Waals surface area contributed by atoms with Crippen LogP contribution in [0.25, 0.3) is 100 Å². The number of ether oxygens (including phenoxy) is 2. The van der Waals surface area contributed by atoms with E-state index in [1.54, 1.807) is 55.6 Å². The molecule has 2 nitrogen and oxygen atoms in total. The van der Waals surface area contributed by atoms with Crippen LogP contribution in [0.1, 0.15) is 61.2 Å². The summed E-state index contributed by atoms with van der Waals surface area (Å²) in [5.74, 6) is 0.391. The molecule has 13 aromatic carbocycles. The largest absolute Gasteiger partial charge is 0.497 e. The monoisotopic (exact) mass is 1310 g/mol. The van der Waals surface area contributed by atoms with Crippen molar-refractivity contribution >= 4 is 0 Å². The normalized spacial score (nSPS) is 12.7. The van der Waals surface area contributed by atoms with Gasteiger partial charge in [0, 0.05) is 0 Å². The Kier molecular flexibility index (Phi) is 16.4. The van der Waals surface area contributed by atoms with Crippen LogP contribution in [0, 0.1) is 27.7 Å². The van der Waals surface area contributed by atoms with Crippen molar-refractivity contribution in [2.24, 2.45) is 0 Å². The van der Waals surface area contributed by atoms with Crippen molar-refractivity contribution < 1.29 is 49.0 Å². The third-order valence-electron chi connectivity index (χ3n) is 18.9. The molecule has 0 radical (unpaired) electrons. The number of aryl methyl sites for hydroxylation is 4. The molecule has 1 aliphatic rings. The number of hydrogen-bond donors (Lipinski definition) is 0. The predicted octanol–water partition coefficient (Wildman–Crippen LogP) is 25.5. The lowest BCUT2D eigenvalue weighted by molar-refractivity contribution is -0.139. The maximum atomic E-state index is 15.6. The second-order valence-electron chi connectivity index (χ2n) is 25.0. The van der Waals surface area contributed by atoms with Gasteiger partial charge in [-0.1, -0.05) is 230 Å². The van der Waals surface area contributed by atoms with E-state index in [9.17, 15) is 0 Å². The second-order valence-corrected chi connectivity index (χ2v) is 25.0. The fraction of sp³-hybridized carbons (Fsp3) is 0.103. The summed E-state index contributed by atoms with van der Waals surface area (Å²) in [5.41, 5.74) is 13.1. The lowest BCUT2D eigenvalue weighted by atomic mass is 9.68. The van der Waals surface area contributed by atoms with Gasteiger partial charge in [-0.15, -0.1) is 0 Å². The third-order valence-corrected chi connectivity index (χ3v) is 18.9. The highest BCUT2D eigenvalue weighted by Gasteiger charge is 2.46. The van der Waals surface area contributed by atoms with Gasteiger partial charge in [0.1, 0.15) is 17.2 Å². The van der Waals surface area contributed by atoms with Gasteiger partial charge in [-0.05, 0) is 222 Å². The van der Waals surface area contributed by atoms with E-state index < -0.39 is 46.4 Å². The first-order chi connectivity index (χ1) is 47.1. The zero-order valence-electron chi connectivity index (χ0n) is 53.8. The maximum absolute atomic E-state index is 15.6. The molecule has 14 rings (SSSR count). The van der Waals surface area contributed by atoms with Crippen molar-refractivity contribution in [2.75, 3.05) is 7.11 Å². The molecule has 0 N–H and O–H groups in total. The zero-order chi connectivity index (χ0) is 68.4. The molecule has 0 fully saturated rings. The molecule has 98 heavy (non-hydrogen) atoms. The van der Waals surface area contributed by atoms with Gasteiger partial charge in [0.2, 0.25) is 0 Å². The Morgan fingerprint density at radius 3 is 1.08 bits per heavy atom. The van der Waals surface area contributed by atoms with Crippen molar-refractivity contribution in [1.29, 1.82) is 0 Å². The maximum Gasteiger partial charge on any atom is 0.420 e. The number of halogens is 9. The number of alkyl halides is 9. The topological polar surface area (TPSA) is 18.5 Å². The fourth-order valence-corrected chi connectivity index (χ4v) is 14.1. The van der Waals surface area contributed by atoms with Gasteiger partial charge in [-0.2, -0.15) is 39.5 Å². The van der Waals surface area contributed by atoms with E-state index in [-0.39, 0.29) is 39.1 Å². The minimum atomic E-state index is -4.92. The Balaban J connectivity index is 0.958. The molecule has 484 valence electrons. The van der Waals surface area contributed by atoms with E-state index in [4.69, 9.17) is 9.47 Å². The van der Waals surface area contributed by atoms with Gasteiger partial charge in [-0.3, -0.25) is 0 Å². The molecule has 0 saturated heterocycles. The smallest absolute Gasteiger partial charge is 0.420 e. The number of hydrogen-bond acceptors (Lipinski definition) is 2. The molecule has 0 aromatic heterocycles. The van der Waals surface area contributed by atoms with Gasteiger partial charge in [0.15, 0.2) is 0 Å². The summed E-state index contributed by atoms with van der Waals surface area (Å²) in [6.45, 7) is 7.86. The van der Waals surface area contributed by atoms with Gasteiger partial charge >= 0.3 is 18.5 Å². The molecule has 0 amide bonds. The van der Waals surface area contributed by atoms with Crippen molar-refractivity contribution in [3.63, 3.8) is 0 Å². The lowest BCUT2D eigenvalue weighted by Crippen LogP contribution is -2.28. The highest BCUT2D eigenvalue weighted by molar-refractivity contribution is 6.15. The van der Waals surface area contributed by atoms with Crippen molar-refractivity contribution in [2.45, 2.75) is 51.6 Å². The molecule has 13 aromatic rings. The molecule has 1 aliphatic carbocycles. The van der Waals surface area contributed by atoms with Gasteiger partial charge < -0.3 is 9.47 Å².